The molecular formula is C15H11N3O2S3. The highest BCUT2D eigenvalue weighted by Gasteiger charge is 2.33. The van der Waals surface area contributed by atoms with Gasteiger partial charge in [-0.2, -0.15) is 5.01 Å². The zero-order chi connectivity index (χ0) is 16.4. The Balaban J connectivity index is 1.78. The fourth-order valence-electron chi connectivity index (χ4n) is 1.88. The number of rotatable bonds is 3. The minimum Gasteiger partial charge on any atom is -0.267 e. The lowest BCUT2D eigenvalue weighted by Crippen LogP contribution is -2.44. The second-order valence-electron chi connectivity index (χ2n) is 4.66. The highest BCUT2D eigenvalue weighted by Crippen LogP contribution is 2.33. The van der Waals surface area contributed by atoms with E-state index in [4.69, 9.17) is 12.2 Å². The lowest BCUT2D eigenvalue weighted by molar-refractivity contribution is -0.123. The van der Waals surface area contributed by atoms with Crippen molar-refractivity contribution in [3.63, 3.8) is 0 Å². The number of thiocarbonyl (C=S) groups is 1. The van der Waals surface area contributed by atoms with Crippen molar-refractivity contribution in [3.8, 4) is 0 Å². The number of pyridine rings is 1. The van der Waals surface area contributed by atoms with Gasteiger partial charge in [0.15, 0.2) is 4.32 Å². The molecule has 1 aliphatic heterocycles. The number of hydrogen-bond donors (Lipinski definition) is 1. The number of hydrogen-bond acceptors (Lipinski definition) is 6. The first-order valence-electron chi connectivity index (χ1n) is 6.59. The molecule has 0 aromatic carbocycles. The number of aryl methyl sites for hydroxylation is 1. The van der Waals surface area contributed by atoms with Crippen molar-refractivity contribution < 1.29 is 9.59 Å². The van der Waals surface area contributed by atoms with Crippen LogP contribution in [0.3, 0.4) is 0 Å². The van der Waals surface area contributed by atoms with Crippen LogP contribution in [0.2, 0.25) is 0 Å². The van der Waals surface area contributed by atoms with Gasteiger partial charge in [0.05, 0.1) is 4.91 Å². The van der Waals surface area contributed by atoms with Crippen molar-refractivity contribution in [2.75, 3.05) is 0 Å². The van der Waals surface area contributed by atoms with E-state index in [1.165, 1.54) is 24.2 Å². The number of hydrazine groups is 1. The number of amides is 2. The Morgan fingerprint density at radius 2 is 2.09 bits per heavy atom. The van der Waals surface area contributed by atoms with Gasteiger partial charge in [-0.05, 0) is 54.4 Å². The number of aromatic nitrogens is 1. The summed E-state index contributed by atoms with van der Waals surface area (Å²) < 4.78 is 0.304. The molecule has 3 heterocycles. The van der Waals surface area contributed by atoms with Gasteiger partial charge in [0.2, 0.25) is 0 Å². The molecule has 2 aromatic rings. The van der Waals surface area contributed by atoms with Crippen LogP contribution in [0.4, 0.5) is 0 Å². The average molecular weight is 361 g/mol. The third kappa shape index (κ3) is 3.34. The van der Waals surface area contributed by atoms with Crippen molar-refractivity contribution in [2.24, 2.45) is 0 Å². The van der Waals surface area contributed by atoms with Gasteiger partial charge < -0.3 is 0 Å². The molecule has 1 N–H and O–H groups in total. The summed E-state index contributed by atoms with van der Waals surface area (Å²) in [6, 6.07) is 5.12. The van der Waals surface area contributed by atoms with Crippen LogP contribution in [0, 0.1) is 6.92 Å². The molecule has 1 saturated heterocycles. The normalized spacial score (nSPS) is 16.2. The van der Waals surface area contributed by atoms with Crippen LogP contribution >= 0.6 is 35.3 Å². The standard InChI is InChI=1S/C15H11N3O2S3/c1-9-4-7-22-11(9)8-12-14(20)18(15(21)23-12)17-13(19)10-2-5-16-6-3-10/h2-8H,1H3,(H,17,19). The molecule has 0 radical (unpaired) electrons. The predicted octanol–water partition coefficient (Wildman–Crippen LogP) is 3.00. The number of thioether (sulfide) groups is 1. The molecule has 0 bridgehead atoms. The largest absolute Gasteiger partial charge is 0.285 e. The van der Waals surface area contributed by atoms with Gasteiger partial charge in [-0.3, -0.25) is 20.0 Å². The van der Waals surface area contributed by atoms with Gasteiger partial charge in [0, 0.05) is 22.8 Å². The van der Waals surface area contributed by atoms with Crippen LogP contribution in [0.25, 0.3) is 6.08 Å². The molecule has 1 fully saturated rings. The molecule has 116 valence electrons. The highest BCUT2D eigenvalue weighted by atomic mass is 32.2. The van der Waals surface area contributed by atoms with Gasteiger partial charge in [-0.1, -0.05) is 11.8 Å². The van der Waals surface area contributed by atoms with Gasteiger partial charge in [0.25, 0.3) is 11.8 Å². The number of nitrogens with one attached hydrogen (secondary N) is 1. The van der Waals surface area contributed by atoms with Crippen molar-refractivity contribution in [1.82, 2.24) is 15.4 Å². The fraction of sp³-hybridized carbons (Fsp3) is 0.0667. The predicted molar refractivity (Wildman–Crippen MR) is 95.8 cm³/mol. The van der Waals surface area contributed by atoms with E-state index in [9.17, 15) is 9.59 Å². The van der Waals surface area contributed by atoms with Gasteiger partial charge in [-0.25, -0.2) is 0 Å². The molecule has 8 heteroatoms. The molecular weight excluding hydrogens is 350 g/mol. The summed E-state index contributed by atoms with van der Waals surface area (Å²) in [6.45, 7) is 1.98. The number of carbonyl (C=O) groups excluding carboxylic acids is 2. The number of nitrogens with zero attached hydrogens (tertiary/aromatic N) is 2. The summed E-state index contributed by atoms with van der Waals surface area (Å²) in [5.74, 6) is -0.729. The first kappa shape index (κ1) is 15.9. The molecule has 0 unspecified atom stereocenters. The molecule has 3 rings (SSSR count). The molecule has 2 amide bonds. The fourth-order valence-corrected chi connectivity index (χ4v) is 3.98. The molecule has 5 nitrogen and oxygen atoms in total. The maximum absolute atomic E-state index is 12.4. The van der Waals surface area contributed by atoms with Crippen LogP contribution in [0.5, 0.6) is 0 Å². The van der Waals surface area contributed by atoms with Crippen LogP contribution in [-0.2, 0) is 4.79 Å². The van der Waals surface area contributed by atoms with E-state index in [0.717, 1.165) is 15.4 Å². The Hall–Kier alpha value is -2.03. The summed E-state index contributed by atoms with van der Waals surface area (Å²) in [4.78, 5) is 30.0. The molecule has 0 atom stereocenters. The van der Waals surface area contributed by atoms with Crippen LogP contribution in [0.15, 0.2) is 40.9 Å². The lowest BCUT2D eigenvalue weighted by Gasteiger charge is -2.15. The van der Waals surface area contributed by atoms with E-state index in [-0.39, 0.29) is 5.91 Å². The first-order chi connectivity index (χ1) is 11.1. The number of carbonyl (C=O) groups is 2. The highest BCUT2D eigenvalue weighted by molar-refractivity contribution is 8.26. The maximum atomic E-state index is 12.4. The molecule has 1 aliphatic rings. The van der Waals surface area contributed by atoms with Crippen molar-refractivity contribution >= 4 is 57.5 Å². The van der Waals surface area contributed by atoms with Crippen LogP contribution in [-0.4, -0.2) is 26.1 Å². The van der Waals surface area contributed by atoms with E-state index < -0.39 is 5.91 Å². The van der Waals surface area contributed by atoms with Gasteiger partial charge in [-0.15, -0.1) is 11.3 Å². The smallest absolute Gasteiger partial charge is 0.267 e. The Morgan fingerprint density at radius 1 is 1.35 bits per heavy atom. The second-order valence-corrected chi connectivity index (χ2v) is 7.29. The first-order valence-corrected chi connectivity index (χ1v) is 8.70. The maximum Gasteiger partial charge on any atom is 0.285 e. The number of thiophene rings is 1. The van der Waals surface area contributed by atoms with Crippen molar-refractivity contribution in [2.45, 2.75) is 6.92 Å². The van der Waals surface area contributed by atoms with Gasteiger partial charge in [0.1, 0.15) is 0 Å². The molecule has 0 spiro atoms. The quantitative estimate of drug-likeness (QED) is 0.673. The second kappa shape index (κ2) is 6.61. The van der Waals surface area contributed by atoms with E-state index in [2.05, 4.69) is 10.4 Å². The van der Waals surface area contributed by atoms with Crippen LogP contribution < -0.4 is 5.43 Å². The summed E-state index contributed by atoms with van der Waals surface area (Å²) >= 11 is 7.92. The SMILES string of the molecule is Cc1ccsc1C=C1SC(=S)N(NC(=O)c2ccncc2)C1=O. The van der Waals surface area contributed by atoms with Gasteiger partial charge >= 0.3 is 0 Å². The van der Waals surface area contributed by atoms with E-state index in [1.54, 1.807) is 29.5 Å². The Bertz CT molecular complexity index is 814. The Kier molecular flexibility index (Phi) is 4.56. The summed E-state index contributed by atoms with van der Waals surface area (Å²) in [5, 5.41) is 3.07. The minimum atomic E-state index is -0.405. The molecule has 0 saturated carbocycles. The Morgan fingerprint density at radius 3 is 2.74 bits per heavy atom. The third-order valence-electron chi connectivity index (χ3n) is 3.11. The minimum absolute atomic E-state index is 0.304. The zero-order valence-electron chi connectivity index (χ0n) is 12.0. The summed E-state index contributed by atoms with van der Waals surface area (Å²) in [6.07, 6.45) is 4.83. The zero-order valence-corrected chi connectivity index (χ0v) is 14.4. The van der Waals surface area contributed by atoms with Crippen molar-refractivity contribution in [1.29, 1.82) is 0 Å². The topological polar surface area (TPSA) is 62.3 Å². The average Bonchev–Trinajstić information content (AvgIpc) is 3.07. The monoisotopic (exact) mass is 361 g/mol. The van der Waals surface area contributed by atoms with Crippen LogP contribution in [0.1, 0.15) is 20.8 Å². The van der Waals surface area contributed by atoms with E-state index in [0.29, 0.717) is 14.8 Å². The molecule has 2 aromatic heterocycles. The lowest BCUT2D eigenvalue weighted by atomic mass is 10.2. The molecule has 23 heavy (non-hydrogen) atoms. The third-order valence-corrected chi connectivity index (χ3v) is 5.38. The van der Waals surface area contributed by atoms with Crippen molar-refractivity contribution in [3.05, 3.63) is 56.9 Å². The molecule has 0 aliphatic carbocycles. The van der Waals surface area contributed by atoms with E-state index >= 15 is 0 Å². The summed E-state index contributed by atoms with van der Waals surface area (Å²) in [5.41, 5.74) is 4.04. The van der Waals surface area contributed by atoms with E-state index in [1.807, 2.05) is 18.4 Å². The summed E-state index contributed by atoms with van der Waals surface area (Å²) in [7, 11) is 0. The Labute approximate surface area is 146 Å².